The van der Waals surface area contributed by atoms with E-state index in [0.29, 0.717) is 23.0 Å². The summed E-state index contributed by atoms with van der Waals surface area (Å²) in [5, 5.41) is 16.5. The molecular formula is C24H32FN7O2. The summed E-state index contributed by atoms with van der Waals surface area (Å²) in [6.45, 7) is 8.26. The molecule has 0 aromatic carbocycles. The molecule has 4 rings (SSSR count). The highest BCUT2D eigenvalue weighted by molar-refractivity contribution is 5.99. The normalized spacial score (nSPS) is 15.2. The fourth-order valence-electron chi connectivity index (χ4n) is 3.88. The van der Waals surface area contributed by atoms with Gasteiger partial charge in [0.2, 0.25) is 5.95 Å². The van der Waals surface area contributed by atoms with Crippen molar-refractivity contribution in [3.05, 3.63) is 36.3 Å². The van der Waals surface area contributed by atoms with E-state index in [1.54, 1.807) is 6.07 Å². The van der Waals surface area contributed by atoms with Crippen molar-refractivity contribution < 1.29 is 14.3 Å². The quantitative estimate of drug-likeness (QED) is 0.465. The summed E-state index contributed by atoms with van der Waals surface area (Å²) in [6.07, 6.45) is 5.85. The second-order valence-corrected chi connectivity index (χ2v) is 9.55. The number of hydrogen-bond donors (Lipinski definition) is 3. The molecule has 1 aliphatic rings. The zero-order valence-corrected chi connectivity index (χ0v) is 20.0. The number of nitrogens with zero attached hydrogens (tertiary/aromatic N) is 5. The zero-order valence-electron chi connectivity index (χ0n) is 20.0. The van der Waals surface area contributed by atoms with Crippen LogP contribution in [-0.2, 0) is 0 Å². The van der Waals surface area contributed by atoms with Crippen LogP contribution in [0.15, 0.2) is 30.7 Å². The SMILES string of the molecule is CC(C)Nc1cc(-n2ccc3cnc(N4CCCC4)nc32)ncc1C(=O)NCC(F)C(C)(C)O. The number of carbonyl (C=O) groups is 1. The molecule has 1 fully saturated rings. The summed E-state index contributed by atoms with van der Waals surface area (Å²) in [6, 6.07) is 3.77. The van der Waals surface area contributed by atoms with Gasteiger partial charge in [0.05, 0.1) is 23.4 Å². The highest BCUT2D eigenvalue weighted by Crippen LogP contribution is 2.25. The van der Waals surface area contributed by atoms with Crippen LogP contribution in [0.5, 0.6) is 0 Å². The fourth-order valence-corrected chi connectivity index (χ4v) is 3.88. The third-order valence-corrected chi connectivity index (χ3v) is 5.84. The number of amides is 1. The number of rotatable bonds is 8. The molecule has 3 aromatic heterocycles. The summed E-state index contributed by atoms with van der Waals surface area (Å²) in [5.41, 5.74) is 0.0678. The van der Waals surface area contributed by atoms with E-state index in [-0.39, 0.29) is 12.6 Å². The Balaban J connectivity index is 1.65. The first kappa shape index (κ1) is 23.9. The summed E-state index contributed by atoms with van der Waals surface area (Å²) >= 11 is 0. The van der Waals surface area contributed by atoms with Gasteiger partial charge in [0.25, 0.3) is 5.91 Å². The van der Waals surface area contributed by atoms with Crippen molar-refractivity contribution >= 4 is 28.6 Å². The molecule has 1 saturated heterocycles. The zero-order chi connectivity index (χ0) is 24.5. The maximum Gasteiger partial charge on any atom is 0.255 e. The highest BCUT2D eigenvalue weighted by Gasteiger charge is 2.27. The van der Waals surface area contributed by atoms with Crippen LogP contribution in [0.2, 0.25) is 0 Å². The molecule has 0 aliphatic carbocycles. The van der Waals surface area contributed by atoms with E-state index in [4.69, 9.17) is 4.98 Å². The maximum absolute atomic E-state index is 14.1. The van der Waals surface area contributed by atoms with Crippen LogP contribution < -0.4 is 15.5 Å². The first-order chi connectivity index (χ1) is 16.1. The second-order valence-electron chi connectivity index (χ2n) is 9.55. The number of alkyl halides is 1. The number of aromatic nitrogens is 4. The molecule has 10 heteroatoms. The summed E-state index contributed by atoms with van der Waals surface area (Å²) in [5.74, 6) is 0.833. The van der Waals surface area contributed by atoms with E-state index < -0.39 is 17.7 Å². The monoisotopic (exact) mass is 469 g/mol. The van der Waals surface area contributed by atoms with Gasteiger partial charge in [-0.25, -0.2) is 14.4 Å². The van der Waals surface area contributed by atoms with Gasteiger partial charge in [-0.05, 0) is 46.6 Å². The van der Waals surface area contributed by atoms with Crippen molar-refractivity contribution in [1.82, 2.24) is 24.8 Å². The molecule has 3 aromatic rings. The third kappa shape index (κ3) is 5.11. The first-order valence-corrected chi connectivity index (χ1v) is 11.6. The molecule has 0 spiro atoms. The summed E-state index contributed by atoms with van der Waals surface area (Å²) in [4.78, 5) is 28.8. The van der Waals surface area contributed by atoms with Crippen LogP contribution in [0.25, 0.3) is 16.9 Å². The van der Waals surface area contributed by atoms with Crippen LogP contribution in [0, 0.1) is 0 Å². The predicted molar refractivity (Wildman–Crippen MR) is 130 cm³/mol. The van der Waals surface area contributed by atoms with Gasteiger partial charge in [0.15, 0.2) is 5.65 Å². The van der Waals surface area contributed by atoms with Gasteiger partial charge in [-0.2, -0.15) is 4.98 Å². The van der Waals surface area contributed by atoms with Crippen LogP contribution in [0.3, 0.4) is 0 Å². The van der Waals surface area contributed by atoms with Crippen LogP contribution in [0.1, 0.15) is 50.9 Å². The maximum atomic E-state index is 14.1. The Hall–Kier alpha value is -3.27. The molecule has 1 atom stereocenters. The molecule has 182 valence electrons. The number of anilines is 2. The summed E-state index contributed by atoms with van der Waals surface area (Å²) < 4.78 is 16.0. The summed E-state index contributed by atoms with van der Waals surface area (Å²) in [7, 11) is 0. The minimum absolute atomic E-state index is 0.0533. The Bertz CT molecular complexity index is 1170. The molecule has 4 heterocycles. The molecule has 1 aliphatic heterocycles. The van der Waals surface area contributed by atoms with Gasteiger partial charge in [-0.1, -0.05) is 0 Å². The van der Waals surface area contributed by atoms with Crippen molar-refractivity contribution in [2.75, 3.05) is 29.9 Å². The largest absolute Gasteiger partial charge is 0.387 e. The molecule has 0 bridgehead atoms. The second kappa shape index (κ2) is 9.54. The van der Waals surface area contributed by atoms with Crippen molar-refractivity contribution in [2.24, 2.45) is 0 Å². The van der Waals surface area contributed by atoms with Gasteiger partial charge in [-0.3, -0.25) is 9.36 Å². The standard InChI is InChI=1S/C24H32FN7O2/c1-15(2)29-18-11-20(26-13-17(18)22(33)27-14-19(25)24(3,4)34)32-10-7-16-12-28-23(30-21(16)32)31-8-5-6-9-31/h7,10-13,15,19,34H,5-6,8-9,14H2,1-4H3,(H,26,29)(H,27,33). The minimum atomic E-state index is -1.60. The molecule has 9 nitrogen and oxygen atoms in total. The van der Waals surface area contributed by atoms with E-state index in [0.717, 1.165) is 37.0 Å². The van der Waals surface area contributed by atoms with E-state index in [2.05, 4.69) is 25.5 Å². The topological polar surface area (TPSA) is 108 Å². The van der Waals surface area contributed by atoms with E-state index in [1.807, 2.05) is 36.9 Å². The number of hydrogen-bond acceptors (Lipinski definition) is 7. The predicted octanol–water partition coefficient (Wildman–Crippen LogP) is 3.07. The van der Waals surface area contributed by atoms with Crippen molar-refractivity contribution in [3.63, 3.8) is 0 Å². The Morgan fingerprint density at radius 2 is 1.97 bits per heavy atom. The highest BCUT2D eigenvalue weighted by atomic mass is 19.1. The molecular weight excluding hydrogens is 437 g/mol. The number of pyridine rings is 1. The lowest BCUT2D eigenvalue weighted by Gasteiger charge is -2.23. The van der Waals surface area contributed by atoms with Crippen LogP contribution in [-0.4, -0.2) is 68.0 Å². The van der Waals surface area contributed by atoms with Crippen LogP contribution in [0.4, 0.5) is 16.0 Å². The Labute approximate surface area is 198 Å². The van der Waals surface area contributed by atoms with E-state index >= 15 is 0 Å². The van der Waals surface area contributed by atoms with Crippen molar-refractivity contribution in [2.45, 2.75) is 58.4 Å². The number of aliphatic hydroxyl groups is 1. The van der Waals surface area contributed by atoms with E-state index in [9.17, 15) is 14.3 Å². The molecule has 1 amide bonds. The number of halogens is 1. The number of carbonyl (C=O) groups excluding carboxylic acids is 1. The third-order valence-electron chi connectivity index (χ3n) is 5.84. The molecule has 3 N–H and O–H groups in total. The number of fused-ring (bicyclic) bond motifs is 1. The van der Waals surface area contributed by atoms with Gasteiger partial charge in [-0.15, -0.1) is 0 Å². The molecule has 1 unspecified atom stereocenters. The lowest BCUT2D eigenvalue weighted by Crippen LogP contribution is -2.42. The van der Waals surface area contributed by atoms with Gasteiger partial charge >= 0.3 is 0 Å². The Morgan fingerprint density at radius 1 is 1.24 bits per heavy atom. The minimum Gasteiger partial charge on any atom is -0.387 e. The lowest BCUT2D eigenvalue weighted by molar-refractivity contribution is -0.00177. The van der Waals surface area contributed by atoms with Crippen molar-refractivity contribution in [1.29, 1.82) is 0 Å². The van der Waals surface area contributed by atoms with Crippen LogP contribution >= 0.6 is 0 Å². The first-order valence-electron chi connectivity index (χ1n) is 11.6. The van der Waals surface area contributed by atoms with E-state index in [1.165, 1.54) is 20.0 Å². The fraction of sp³-hybridized carbons (Fsp3) is 0.500. The lowest BCUT2D eigenvalue weighted by atomic mass is 10.0. The van der Waals surface area contributed by atoms with Gasteiger partial charge in [0.1, 0.15) is 12.0 Å². The molecule has 0 saturated carbocycles. The smallest absolute Gasteiger partial charge is 0.255 e. The average Bonchev–Trinajstić information content (AvgIpc) is 3.45. The Morgan fingerprint density at radius 3 is 2.65 bits per heavy atom. The Kier molecular flexibility index (Phi) is 6.70. The number of nitrogens with one attached hydrogen (secondary N) is 2. The van der Waals surface area contributed by atoms with Gasteiger partial charge in [0, 0.05) is 49.2 Å². The molecule has 34 heavy (non-hydrogen) atoms. The molecule has 0 radical (unpaired) electrons. The average molecular weight is 470 g/mol. The van der Waals surface area contributed by atoms with Crippen molar-refractivity contribution in [3.8, 4) is 5.82 Å². The van der Waals surface area contributed by atoms with Gasteiger partial charge < -0.3 is 20.6 Å².